The first-order valence-corrected chi connectivity index (χ1v) is 9.34. The van der Waals surface area contributed by atoms with E-state index in [2.05, 4.69) is 10.6 Å². The normalized spacial score (nSPS) is 11.4. The zero-order valence-electron chi connectivity index (χ0n) is 16.2. The van der Waals surface area contributed by atoms with Crippen molar-refractivity contribution < 1.29 is 19.1 Å². The van der Waals surface area contributed by atoms with Gasteiger partial charge in [-0.05, 0) is 31.0 Å². The Morgan fingerprint density at radius 2 is 1.68 bits per heavy atom. The second-order valence-electron chi connectivity index (χ2n) is 6.51. The quantitative estimate of drug-likeness (QED) is 0.652. The molecule has 0 aromatic heterocycles. The summed E-state index contributed by atoms with van der Waals surface area (Å²) < 4.78 is 5.24. The minimum absolute atomic E-state index is 0.0306. The van der Waals surface area contributed by atoms with Gasteiger partial charge in [-0.15, -0.1) is 0 Å². The lowest BCUT2D eigenvalue weighted by Crippen LogP contribution is -2.43. The fraction of sp³-hybridized carbons (Fsp3) is 0.318. The topological polar surface area (TPSA) is 84.5 Å². The Hall–Kier alpha value is -3.15. The Morgan fingerprint density at radius 1 is 1.00 bits per heavy atom. The zero-order valence-corrected chi connectivity index (χ0v) is 16.2. The molecule has 1 atom stereocenters. The van der Waals surface area contributed by atoms with E-state index in [9.17, 15) is 14.4 Å². The highest BCUT2D eigenvalue weighted by Gasteiger charge is 2.22. The average molecular weight is 382 g/mol. The highest BCUT2D eigenvalue weighted by Crippen LogP contribution is 2.11. The van der Waals surface area contributed by atoms with E-state index in [4.69, 9.17) is 4.74 Å². The van der Waals surface area contributed by atoms with Crippen LogP contribution in [0.4, 0.5) is 5.69 Å². The van der Waals surface area contributed by atoms with Crippen LogP contribution in [0.3, 0.4) is 0 Å². The van der Waals surface area contributed by atoms with Crippen molar-refractivity contribution in [3.8, 4) is 0 Å². The molecule has 2 amide bonds. The summed E-state index contributed by atoms with van der Waals surface area (Å²) in [6.07, 6.45) is 0.451. The molecular weight excluding hydrogens is 356 g/mol. The number of benzene rings is 2. The Balaban J connectivity index is 1.90. The fourth-order valence-corrected chi connectivity index (χ4v) is 2.50. The van der Waals surface area contributed by atoms with E-state index in [1.54, 1.807) is 19.1 Å². The number of amides is 2. The lowest BCUT2D eigenvalue weighted by atomic mass is 10.1. The minimum Gasteiger partial charge on any atom is -0.461 e. The van der Waals surface area contributed by atoms with E-state index < -0.39 is 12.0 Å². The molecule has 0 bridgehead atoms. The Bertz CT molecular complexity index is 788. The van der Waals surface area contributed by atoms with E-state index in [0.717, 1.165) is 11.1 Å². The molecule has 28 heavy (non-hydrogen) atoms. The van der Waals surface area contributed by atoms with Crippen LogP contribution >= 0.6 is 0 Å². The van der Waals surface area contributed by atoms with E-state index in [0.29, 0.717) is 5.69 Å². The van der Waals surface area contributed by atoms with Crippen molar-refractivity contribution in [1.82, 2.24) is 5.32 Å². The molecule has 6 heteroatoms. The van der Waals surface area contributed by atoms with Crippen molar-refractivity contribution in [3.63, 3.8) is 0 Å². The van der Waals surface area contributed by atoms with Crippen molar-refractivity contribution in [3.05, 3.63) is 65.7 Å². The number of hydrogen-bond acceptors (Lipinski definition) is 4. The van der Waals surface area contributed by atoms with Crippen LogP contribution in [0.15, 0.2) is 54.6 Å². The van der Waals surface area contributed by atoms with Crippen LogP contribution in [-0.2, 0) is 25.7 Å². The predicted molar refractivity (Wildman–Crippen MR) is 108 cm³/mol. The molecule has 148 valence electrons. The fourth-order valence-electron chi connectivity index (χ4n) is 2.50. The van der Waals surface area contributed by atoms with Crippen LogP contribution in [0.1, 0.15) is 37.3 Å². The maximum atomic E-state index is 12.6. The van der Waals surface area contributed by atoms with Crippen LogP contribution in [0, 0.1) is 6.92 Å². The van der Waals surface area contributed by atoms with Crippen LogP contribution in [-0.4, -0.2) is 23.8 Å². The second-order valence-corrected chi connectivity index (χ2v) is 6.51. The minimum atomic E-state index is -0.807. The number of ether oxygens (including phenoxy) is 1. The number of anilines is 1. The number of esters is 1. The van der Waals surface area contributed by atoms with Gasteiger partial charge in [-0.2, -0.15) is 0 Å². The lowest BCUT2D eigenvalue weighted by Gasteiger charge is -2.18. The summed E-state index contributed by atoms with van der Waals surface area (Å²) in [6, 6.07) is 15.9. The van der Waals surface area contributed by atoms with Crippen molar-refractivity contribution in [2.45, 2.75) is 45.8 Å². The smallest absolute Gasteiger partial charge is 0.306 e. The third-order valence-corrected chi connectivity index (χ3v) is 4.17. The summed E-state index contributed by atoms with van der Waals surface area (Å²) in [5.74, 6) is -1.02. The molecule has 2 aromatic rings. The molecule has 2 aromatic carbocycles. The van der Waals surface area contributed by atoms with E-state index in [1.165, 1.54) is 0 Å². The van der Waals surface area contributed by atoms with Gasteiger partial charge in [-0.25, -0.2) is 0 Å². The summed E-state index contributed by atoms with van der Waals surface area (Å²) >= 11 is 0. The van der Waals surface area contributed by atoms with Gasteiger partial charge in [0, 0.05) is 18.5 Å². The molecule has 0 aliphatic rings. The van der Waals surface area contributed by atoms with Crippen molar-refractivity contribution in [2.75, 3.05) is 5.32 Å². The Labute approximate surface area is 165 Å². The Morgan fingerprint density at radius 3 is 2.32 bits per heavy atom. The first-order valence-electron chi connectivity index (χ1n) is 9.34. The van der Waals surface area contributed by atoms with Gasteiger partial charge < -0.3 is 15.4 Å². The van der Waals surface area contributed by atoms with E-state index >= 15 is 0 Å². The Kier molecular flexibility index (Phi) is 8.21. The number of carbonyl (C=O) groups is 3. The molecule has 1 unspecified atom stereocenters. The predicted octanol–water partition coefficient (Wildman–Crippen LogP) is 3.35. The van der Waals surface area contributed by atoms with Crippen LogP contribution < -0.4 is 10.6 Å². The molecule has 0 fully saturated rings. The van der Waals surface area contributed by atoms with Gasteiger partial charge in [0.05, 0.1) is 0 Å². The van der Waals surface area contributed by atoms with Gasteiger partial charge in [-0.1, -0.05) is 55.0 Å². The molecular formula is C22H26N2O4. The third kappa shape index (κ3) is 7.23. The summed E-state index contributed by atoms with van der Waals surface area (Å²) in [7, 11) is 0. The van der Waals surface area contributed by atoms with Crippen LogP contribution in [0.5, 0.6) is 0 Å². The lowest BCUT2D eigenvalue weighted by molar-refractivity contribution is -0.145. The molecule has 0 heterocycles. The van der Waals surface area contributed by atoms with Gasteiger partial charge in [0.2, 0.25) is 11.8 Å². The van der Waals surface area contributed by atoms with Crippen molar-refractivity contribution in [2.24, 2.45) is 0 Å². The molecule has 0 radical (unpaired) electrons. The highest BCUT2D eigenvalue weighted by atomic mass is 16.5. The summed E-state index contributed by atoms with van der Waals surface area (Å²) in [6.45, 7) is 3.84. The van der Waals surface area contributed by atoms with Crippen LogP contribution in [0.2, 0.25) is 0 Å². The number of nitrogens with one attached hydrogen (secondary N) is 2. The summed E-state index contributed by atoms with van der Waals surface area (Å²) in [5.41, 5.74) is 2.61. The number of hydrogen-bond donors (Lipinski definition) is 2. The highest BCUT2D eigenvalue weighted by molar-refractivity contribution is 5.97. The molecule has 0 saturated heterocycles. The first-order chi connectivity index (χ1) is 13.5. The molecule has 6 nitrogen and oxygen atoms in total. The number of carbonyl (C=O) groups excluding carboxylic acids is 3. The first kappa shape index (κ1) is 21.2. The average Bonchev–Trinajstić information content (AvgIpc) is 2.71. The second kappa shape index (κ2) is 10.9. The zero-order chi connectivity index (χ0) is 20.4. The molecule has 0 spiro atoms. The van der Waals surface area contributed by atoms with Crippen molar-refractivity contribution >= 4 is 23.5 Å². The van der Waals surface area contributed by atoms with Gasteiger partial charge in [0.15, 0.2) is 0 Å². The van der Waals surface area contributed by atoms with E-state index in [1.807, 2.05) is 49.4 Å². The maximum absolute atomic E-state index is 12.6. The van der Waals surface area contributed by atoms with Gasteiger partial charge in [0.25, 0.3) is 0 Å². The summed E-state index contributed by atoms with van der Waals surface area (Å²) in [4.78, 5) is 36.4. The molecule has 0 aliphatic heterocycles. The number of rotatable bonds is 9. The molecule has 0 aliphatic carbocycles. The largest absolute Gasteiger partial charge is 0.461 e. The number of aryl methyl sites for hydroxylation is 1. The molecule has 0 saturated carbocycles. The van der Waals surface area contributed by atoms with Crippen LogP contribution in [0.25, 0.3) is 0 Å². The summed E-state index contributed by atoms with van der Waals surface area (Å²) in [5, 5.41) is 5.44. The van der Waals surface area contributed by atoms with Gasteiger partial charge in [0.1, 0.15) is 12.6 Å². The standard InChI is InChI=1S/C22H26N2O4/c1-3-20(25)24-19(22(27)23-18-11-9-16(2)10-12-18)13-14-21(26)28-15-17-7-5-4-6-8-17/h4-12,19H,3,13-15H2,1-2H3,(H,23,27)(H,24,25). The maximum Gasteiger partial charge on any atom is 0.306 e. The molecule has 2 rings (SSSR count). The monoisotopic (exact) mass is 382 g/mol. The molecule has 2 N–H and O–H groups in total. The third-order valence-electron chi connectivity index (χ3n) is 4.17. The van der Waals surface area contributed by atoms with Gasteiger partial charge >= 0.3 is 5.97 Å². The van der Waals surface area contributed by atoms with Crippen molar-refractivity contribution in [1.29, 1.82) is 0 Å². The van der Waals surface area contributed by atoms with E-state index in [-0.39, 0.29) is 37.7 Å². The SMILES string of the molecule is CCC(=O)NC(CCC(=O)OCc1ccccc1)C(=O)Nc1ccc(C)cc1. The van der Waals surface area contributed by atoms with Gasteiger partial charge in [-0.3, -0.25) is 14.4 Å².